The zero-order chi connectivity index (χ0) is 17.5. The highest BCUT2D eigenvalue weighted by Gasteiger charge is 2.13. The third-order valence-electron chi connectivity index (χ3n) is 4.24. The summed E-state index contributed by atoms with van der Waals surface area (Å²) in [6.45, 7) is 4.65. The Hall–Kier alpha value is -2.20. The number of aryl methyl sites for hydroxylation is 1. The Morgan fingerprint density at radius 1 is 1.17 bits per heavy atom. The van der Waals surface area contributed by atoms with Gasteiger partial charge < -0.3 is 10.2 Å². The minimum atomic E-state index is -0.283. The average molecular weight is 328 g/mol. The first-order chi connectivity index (χ1) is 11.5. The van der Waals surface area contributed by atoms with Crippen LogP contribution in [0.1, 0.15) is 36.6 Å². The van der Waals surface area contributed by atoms with Crippen LogP contribution in [0.3, 0.4) is 0 Å². The summed E-state index contributed by atoms with van der Waals surface area (Å²) in [6, 6.07) is 15.0. The first kappa shape index (κ1) is 18.1. The van der Waals surface area contributed by atoms with E-state index in [0.29, 0.717) is 5.56 Å². The van der Waals surface area contributed by atoms with E-state index in [0.717, 1.165) is 12.0 Å². The molecule has 128 valence electrons. The number of carbonyl (C=O) groups is 1. The van der Waals surface area contributed by atoms with Crippen LogP contribution in [0.25, 0.3) is 0 Å². The van der Waals surface area contributed by atoms with E-state index in [1.165, 1.54) is 16.5 Å². The SMILES string of the molecule is CCc1ccc(C(C)NCC(=O)N(C)Cc2ccccc2F)cc1. The summed E-state index contributed by atoms with van der Waals surface area (Å²) in [5.74, 6) is -0.343. The Morgan fingerprint density at radius 2 is 1.83 bits per heavy atom. The van der Waals surface area contributed by atoms with Crippen LogP contribution in [0, 0.1) is 5.82 Å². The Bertz CT molecular complexity index is 670. The average Bonchev–Trinajstić information content (AvgIpc) is 2.61. The Balaban J connectivity index is 1.86. The lowest BCUT2D eigenvalue weighted by atomic mass is 10.1. The van der Waals surface area contributed by atoms with E-state index >= 15 is 0 Å². The van der Waals surface area contributed by atoms with Crippen molar-refractivity contribution in [1.82, 2.24) is 10.2 Å². The van der Waals surface area contributed by atoms with Crippen molar-refractivity contribution in [3.05, 3.63) is 71.0 Å². The number of hydrogen-bond acceptors (Lipinski definition) is 2. The van der Waals surface area contributed by atoms with Crippen molar-refractivity contribution in [1.29, 1.82) is 0 Å². The fourth-order valence-electron chi connectivity index (χ4n) is 2.51. The van der Waals surface area contributed by atoms with Gasteiger partial charge in [0.25, 0.3) is 0 Å². The highest BCUT2D eigenvalue weighted by molar-refractivity contribution is 5.78. The quantitative estimate of drug-likeness (QED) is 0.840. The molecule has 4 heteroatoms. The van der Waals surface area contributed by atoms with Crippen molar-refractivity contribution >= 4 is 5.91 Å². The fraction of sp³-hybridized carbons (Fsp3) is 0.350. The van der Waals surface area contributed by atoms with E-state index in [2.05, 4.69) is 36.5 Å². The van der Waals surface area contributed by atoms with Crippen molar-refractivity contribution in [2.24, 2.45) is 0 Å². The molecule has 0 saturated heterocycles. The van der Waals surface area contributed by atoms with Crippen LogP contribution in [0.5, 0.6) is 0 Å². The molecule has 0 fully saturated rings. The number of nitrogens with one attached hydrogen (secondary N) is 1. The topological polar surface area (TPSA) is 32.3 Å². The largest absolute Gasteiger partial charge is 0.340 e. The van der Waals surface area contributed by atoms with Crippen LogP contribution in [-0.4, -0.2) is 24.4 Å². The molecule has 1 amide bonds. The second-order valence-electron chi connectivity index (χ2n) is 6.04. The number of benzene rings is 2. The maximum Gasteiger partial charge on any atom is 0.236 e. The first-order valence-electron chi connectivity index (χ1n) is 8.30. The molecule has 0 aliphatic carbocycles. The maximum absolute atomic E-state index is 13.7. The van der Waals surface area contributed by atoms with E-state index in [1.54, 1.807) is 25.2 Å². The number of hydrogen-bond donors (Lipinski definition) is 1. The molecule has 3 nitrogen and oxygen atoms in total. The van der Waals surface area contributed by atoms with E-state index in [1.807, 2.05) is 6.92 Å². The van der Waals surface area contributed by atoms with Gasteiger partial charge in [-0.15, -0.1) is 0 Å². The van der Waals surface area contributed by atoms with Gasteiger partial charge in [-0.2, -0.15) is 0 Å². The molecule has 1 N–H and O–H groups in total. The molecule has 0 spiro atoms. The lowest BCUT2D eigenvalue weighted by Crippen LogP contribution is -2.36. The van der Waals surface area contributed by atoms with Crippen molar-refractivity contribution in [2.45, 2.75) is 32.9 Å². The number of nitrogens with zero attached hydrogens (tertiary/aromatic N) is 1. The zero-order valence-electron chi connectivity index (χ0n) is 14.6. The predicted octanol–water partition coefficient (Wildman–Crippen LogP) is 3.70. The number of amides is 1. The van der Waals surface area contributed by atoms with E-state index in [4.69, 9.17) is 0 Å². The van der Waals surface area contributed by atoms with Gasteiger partial charge in [0.1, 0.15) is 5.82 Å². The van der Waals surface area contributed by atoms with Crippen LogP contribution < -0.4 is 5.32 Å². The Morgan fingerprint density at radius 3 is 2.46 bits per heavy atom. The lowest BCUT2D eigenvalue weighted by Gasteiger charge is -2.20. The van der Waals surface area contributed by atoms with Crippen molar-refractivity contribution in [3.8, 4) is 0 Å². The minimum absolute atomic E-state index is 0.0599. The van der Waals surface area contributed by atoms with Gasteiger partial charge in [0.15, 0.2) is 0 Å². The standard InChI is InChI=1S/C20H25FN2O/c1-4-16-9-11-17(12-10-16)15(2)22-13-20(24)23(3)14-18-7-5-6-8-19(18)21/h5-12,15,22H,4,13-14H2,1-3H3. The predicted molar refractivity (Wildman–Crippen MR) is 95.1 cm³/mol. The summed E-state index contributed by atoms with van der Waals surface area (Å²) >= 11 is 0. The molecule has 0 aliphatic heterocycles. The van der Waals surface area contributed by atoms with Crippen LogP contribution in [0.15, 0.2) is 48.5 Å². The summed E-state index contributed by atoms with van der Waals surface area (Å²) in [5.41, 5.74) is 2.97. The van der Waals surface area contributed by atoms with Crippen molar-refractivity contribution < 1.29 is 9.18 Å². The van der Waals surface area contributed by atoms with Crippen LogP contribution in [0.4, 0.5) is 4.39 Å². The van der Waals surface area contributed by atoms with Gasteiger partial charge in [-0.3, -0.25) is 4.79 Å². The van der Waals surface area contributed by atoms with Crippen LogP contribution in [-0.2, 0) is 17.8 Å². The zero-order valence-corrected chi connectivity index (χ0v) is 14.6. The van der Waals surface area contributed by atoms with Gasteiger partial charge in [-0.1, -0.05) is 49.4 Å². The number of carbonyl (C=O) groups excluding carboxylic acids is 1. The molecular formula is C20H25FN2O. The molecule has 1 atom stereocenters. The summed E-state index contributed by atoms with van der Waals surface area (Å²) in [4.78, 5) is 13.8. The van der Waals surface area contributed by atoms with E-state index in [-0.39, 0.29) is 30.9 Å². The third-order valence-corrected chi connectivity index (χ3v) is 4.24. The van der Waals surface area contributed by atoms with Gasteiger partial charge in [-0.05, 0) is 30.5 Å². The number of halogens is 1. The summed E-state index contributed by atoms with van der Waals surface area (Å²) < 4.78 is 13.7. The molecule has 0 aliphatic rings. The summed E-state index contributed by atoms with van der Waals surface area (Å²) in [7, 11) is 1.69. The van der Waals surface area contributed by atoms with Crippen molar-refractivity contribution in [3.63, 3.8) is 0 Å². The Kier molecular flexibility index (Phi) is 6.50. The fourth-order valence-corrected chi connectivity index (χ4v) is 2.51. The van der Waals surface area contributed by atoms with Gasteiger partial charge >= 0.3 is 0 Å². The highest BCUT2D eigenvalue weighted by atomic mass is 19.1. The molecule has 0 radical (unpaired) electrons. The number of likely N-dealkylation sites (N-methyl/N-ethyl adjacent to an activating group) is 1. The number of rotatable bonds is 7. The molecule has 0 bridgehead atoms. The highest BCUT2D eigenvalue weighted by Crippen LogP contribution is 2.14. The molecule has 0 aromatic heterocycles. The molecule has 2 rings (SSSR count). The van der Waals surface area contributed by atoms with Crippen molar-refractivity contribution in [2.75, 3.05) is 13.6 Å². The van der Waals surface area contributed by atoms with E-state index in [9.17, 15) is 9.18 Å². The summed E-state index contributed by atoms with van der Waals surface area (Å²) in [5, 5.41) is 3.23. The van der Waals surface area contributed by atoms with Crippen LogP contribution >= 0.6 is 0 Å². The lowest BCUT2D eigenvalue weighted by molar-refractivity contribution is -0.129. The molecule has 1 unspecified atom stereocenters. The van der Waals surface area contributed by atoms with Gasteiger partial charge in [0, 0.05) is 25.2 Å². The molecular weight excluding hydrogens is 303 g/mol. The molecule has 0 heterocycles. The monoisotopic (exact) mass is 328 g/mol. The Labute approximate surface area is 143 Å². The third kappa shape index (κ3) is 4.90. The summed E-state index contributed by atoms with van der Waals surface area (Å²) in [6.07, 6.45) is 1.02. The molecule has 0 saturated carbocycles. The maximum atomic E-state index is 13.7. The second-order valence-corrected chi connectivity index (χ2v) is 6.04. The normalized spacial score (nSPS) is 12.0. The first-order valence-corrected chi connectivity index (χ1v) is 8.30. The molecule has 2 aromatic carbocycles. The van der Waals surface area contributed by atoms with Gasteiger partial charge in [0.05, 0.1) is 6.54 Å². The smallest absolute Gasteiger partial charge is 0.236 e. The van der Waals surface area contributed by atoms with Gasteiger partial charge in [0.2, 0.25) is 5.91 Å². The second kappa shape index (κ2) is 8.60. The van der Waals surface area contributed by atoms with Gasteiger partial charge in [-0.25, -0.2) is 4.39 Å². The molecule has 24 heavy (non-hydrogen) atoms. The minimum Gasteiger partial charge on any atom is -0.340 e. The molecule has 2 aromatic rings. The van der Waals surface area contributed by atoms with Crippen LogP contribution in [0.2, 0.25) is 0 Å². The van der Waals surface area contributed by atoms with E-state index < -0.39 is 0 Å².